The number of thioether (sulfide) groups is 2. The highest BCUT2D eigenvalue weighted by atomic mass is 32.2. The lowest BCUT2D eigenvalue weighted by Crippen LogP contribution is -2.31. The molecule has 0 atom stereocenters. The lowest BCUT2D eigenvalue weighted by atomic mass is 10.3. The lowest BCUT2D eigenvalue weighted by molar-refractivity contribution is -0.122. The van der Waals surface area contributed by atoms with Crippen LogP contribution in [0.1, 0.15) is 16.1 Å². The van der Waals surface area contributed by atoms with Crippen LogP contribution in [0.4, 0.5) is 0 Å². The van der Waals surface area contributed by atoms with E-state index in [0.717, 1.165) is 15.9 Å². The van der Waals surface area contributed by atoms with Crippen molar-refractivity contribution in [1.82, 2.24) is 14.5 Å². The van der Waals surface area contributed by atoms with Gasteiger partial charge in [0.15, 0.2) is 5.16 Å². The summed E-state index contributed by atoms with van der Waals surface area (Å²) in [5.41, 5.74) is 1.53. The van der Waals surface area contributed by atoms with Gasteiger partial charge in [-0.15, -0.1) is 17.9 Å². The summed E-state index contributed by atoms with van der Waals surface area (Å²) in [4.78, 5) is 33.5. The van der Waals surface area contributed by atoms with Crippen molar-refractivity contribution in [2.45, 2.75) is 11.6 Å². The molecular formula is C21H17N3O2S4. The number of aromatic nitrogens is 2. The molecule has 2 aromatic heterocycles. The second-order valence-electron chi connectivity index (χ2n) is 6.31. The van der Waals surface area contributed by atoms with E-state index < -0.39 is 0 Å². The number of imidazole rings is 1. The van der Waals surface area contributed by atoms with Gasteiger partial charge in [-0.1, -0.05) is 60.0 Å². The molecule has 0 aliphatic carbocycles. The Morgan fingerprint density at radius 1 is 1.27 bits per heavy atom. The SMILES string of the molecule is C=CCSc1nc2ccccc2n1C(=O)CCN1C(=O)/C(=C/c2cccs2)SC1=S. The van der Waals surface area contributed by atoms with Crippen molar-refractivity contribution in [2.24, 2.45) is 0 Å². The molecule has 3 aromatic rings. The highest BCUT2D eigenvalue weighted by Crippen LogP contribution is 2.33. The summed E-state index contributed by atoms with van der Waals surface area (Å²) in [5.74, 6) is 0.383. The molecule has 9 heteroatoms. The number of para-hydroxylation sites is 2. The average Bonchev–Trinajstić information content (AvgIpc) is 3.44. The number of carbonyl (C=O) groups excluding carboxylic acids is 2. The maximum Gasteiger partial charge on any atom is 0.266 e. The van der Waals surface area contributed by atoms with Gasteiger partial charge in [-0.25, -0.2) is 4.98 Å². The van der Waals surface area contributed by atoms with Crippen LogP contribution in [0.15, 0.2) is 64.5 Å². The van der Waals surface area contributed by atoms with Gasteiger partial charge in [-0.3, -0.25) is 19.1 Å². The van der Waals surface area contributed by atoms with E-state index in [4.69, 9.17) is 12.2 Å². The smallest absolute Gasteiger partial charge is 0.266 e. The first-order chi connectivity index (χ1) is 14.6. The van der Waals surface area contributed by atoms with Crippen LogP contribution >= 0.6 is 47.1 Å². The van der Waals surface area contributed by atoms with Gasteiger partial charge >= 0.3 is 0 Å². The maximum absolute atomic E-state index is 13.1. The van der Waals surface area contributed by atoms with Crippen LogP contribution in [0, 0.1) is 0 Å². The summed E-state index contributed by atoms with van der Waals surface area (Å²) >= 11 is 9.68. The number of hydrogen-bond donors (Lipinski definition) is 0. The molecule has 0 radical (unpaired) electrons. The molecule has 0 spiro atoms. The molecule has 0 unspecified atom stereocenters. The van der Waals surface area contributed by atoms with E-state index in [2.05, 4.69) is 11.6 Å². The molecule has 1 saturated heterocycles. The highest BCUT2D eigenvalue weighted by Gasteiger charge is 2.32. The molecule has 0 saturated carbocycles. The second kappa shape index (κ2) is 9.30. The van der Waals surface area contributed by atoms with Crippen LogP contribution in [0.5, 0.6) is 0 Å². The summed E-state index contributed by atoms with van der Waals surface area (Å²) in [5, 5.41) is 2.59. The zero-order chi connectivity index (χ0) is 21.1. The van der Waals surface area contributed by atoms with Gasteiger partial charge in [0.05, 0.1) is 15.9 Å². The predicted molar refractivity (Wildman–Crippen MR) is 130 cm³/mol. The maximum atomic E-state index is 13.1. The number of thiophene rings is 1. The van der Waals surface area contributed by atoms with Crippen molar-refractivity contribution in [2.75, 3.05) is 12.3 Å². The van der Waals surface area contributed by atoms with E-state index >= 15 is 0 Å². The largest absolute Gasteiger partial charge is 0.292 e. The fourth-order valence-corrected chi connectivity index (χ4v) is 5.78. The fraction of sp³-hybridized carbons (Fsp3) is 0.143. The van der Waals surface area contributed by atoms with E-state index in [1.165, 1.54) is 28.4 Å². The van der Waals surface area contributed by atoms with Crippen molar-refractivity contribution >= 4 is 80.3 Å². The predicted octanol–water partition coefficient (Wildman–Crippen LogP) is 5.31. The zero-order valence-corrected chi connectivity index (χ0v) is 19.1. The molecule has 5 nitrogen and oxygen atoms in total. The fourth-order valence-electron chi connectivity index (χ4n) is 2.99. The third kappa shape index (κ3) is 4.29. The first-order valence-electron chi connectivity index (χ1n) is 9.11. The molecule has 1 aliphatic rings. The van der Waals surface area contributed by atoms with Crippen molar-refractivity contribution < 1.29 is 9.59 Å². The molecular weight excluding hydrogens is 455 g/mol. The number of benzene rings is 1. The van der Waals surface area contributed by atoms with Crippen molar-refractivity contribution in [3.63, 3.8) is 0 Å². The first kappa shape index (κ1) is 21.0. The minimum Gasteiger partial charge on any atom is -0.292 e. The summed E-state index contributed by atoms with van der Waals surface area (Å²) in [7, 11) is 0. The Bertz CT molecular complexity index is 1160. The van der Waals surface area contributed by atoms with E-state index in [0.29, 0.717) is 20.1 Å². The minimum absolute atomic E-state index is 0.119. The van der Waals surface area contributed by atoms with E-state index in [9.17, 15) is 9.59 Å². The Kier molecular flexibility index (Phi) is 6.52. The van der Waals surface area contributed by atoms with Crippen LogP contribution in [0.25, 0.3) is 17.1 Å². The zero-order valence-electron chi connectivity index (χ0n) is 15.8. The Labute approximate surface area is 191 Å². The number of hydrogen-bond acceptors (Lipinski definition) is 7. The third-order valence-electron chi connectivity index (χ3n) is 4.35. The van der Waals surface area contributed by atoms with Gasteiger partial charge in [-0.05, 0) is 29.7 Å². The normalized spacial score (nSPS) is 15.5. The van der Waals surface area contributed by atoms with Gasteiger partial charge in [0, 0.05) is 23.6 Å². The molecule has 1 amide bonds. The van der Waals surface area contributed by atoms with Crippen LogP contribution in [-0.2, 0) is 4.79 Å². The van der Waals surface area contributed by atoms with Crippen LogP contribution in [0.3, 0.4) is 0 Å². The minimum atomic E-state index is -0.150. The molecule has 0 N–H and O–H groups in total. The average molecular weight is 472 g/mol. The van der Waals surface area contributed by atoms with Crippen LogP contribution in [0.2, 0.25) is 0 Å². The van der Waals surface area contributed by atoms with Crippen molar-refractivity contribution in [3.05, 3.63) is 64.2 Å². The van der Waals surface area contributed by atoms with Gasteiger partial charge in [0.2, 0.25) is 5.91 Å². The number of amides is 1. The standard InChI is InChI=1S/C21H17N3O2S4/c1-2-11-29-20-22-15-7-3-4-8-16(15)24(20)18(25)9-10-23-19(26)17(30-21(23)27)13-14-6-5-12-28-14/h2-8,12-13H,1,9-11H2/b17-13-. The topological polar surface area (TPSA) is 55.2 Å². The lowest BCUT2D eigenvalue weighted by Gasteiger charge is -2.14. The summed E-state index contributed by atoms with van der Waals surface area (Å²) in [6, 6.07) is 11.4. The van der Waals surface area contributed by atoms with E-state index in [1.807, 2.05) is 47.9 Å². The van der Waals surface area contributed by atoms with E-state index in [-0.39, 0.29) is 24.8 Å². The Morgan fingerprint density at radius 2 is 2.10 bits per heavy atom. The summed E-state index contributed by atoms with van der Waals surface area (Å²) < 4.78 is 2.11. The number of nitrogens with zero attached hydrogens (tertiary/aromatic N) is 3. The van der Waals surface area contributed by atoms with Crippen LogP contribution < -0.4 is 0 Å². The Morgan fingerprint density at radius 3 is 2.87 bits per heavy atom. The third-order valence-corrected chi connectivity index (χ3v) is 7.48. The van der Waals surface area contributed by atoms with E-state index in [1.54, 1.807) is 22.0 Å². The molecule has 1 fully saturated rings. The molecule has 3 heterocycles. The quantitative estimate of drug-likeness (QED) is 0.202. The van der Waals surface area contributed by atoms with Gasteiger partial charge in [0.1, 0.15) is 4.32 Å². The molecule has 1 aliphatic heterocycles. The van der Waals surface area contributed by atoms with Gasteiger partial charge in [0.25, 0.3) is 5.91 Å². The molecule has 152 valence electrons. The second-order valence-corrected chi connectivity index (χ2v) is 9.95. The number of thiocarbonyl (C=S) groups is 1. The molecule has 30 heavy (non-hydrogen) atoms. The van der Waals surface area contributed by atoms with Gasteiger partial charge < -0.3 is 0 Å². The summed E-state index contributed by atoms with van der Waals surface area (Å²) in [6.45, 7) is 3.97. The summed E-state index contributed by atoms with van der Waals surface area (Å²) in [6.07, 6.45) is 3.78. The Balaban J connectivity index is 1.52. The first-order valence-corrected chi connectivity index (χ1v) is 12.2. The highest BCUT2D eigenvalue weighted by molar-refractivity contribution is 8.26. The number of fused-ring (bicyclic) bond motifs is 1. The monoisotopic (exact) mass is 471 g/mol. The van der Waals surface area contributed by atoms with Crippen molar-refractivity contribution in [3.8, 4) is 0 Å². The number of rotatable bonds is 7. The molecule has 1 aromatic carbocycles. The number of carbonyl (C=O) groups is 2. The van der Waals surface area contributed by atoms with Crippen LogP contribution in [-0.4, -0.2) is 42.9 Å². The van der Waals surface area contributed by atoms with Crippen molar-refractivity contribution in [1.29, 1.82) is 0 Å². The molecule has 4 rings (SSSR count). The Hall–Kier alpha value is -2.20. The van der Waals surface area contributed by atoms with Gasteiger partial charge in [-0.2, -0.15) is 0 Å². The molecule has 0 bridgehead atoms.